The first-order chi connectivity index (χ1) is 19.8. The predicted molar refractivity (Wildman–Crippen MR) is 155 cm³/mol. The van der Waals surface area contributed by atoms with Crippen molar-refractivity contribution >= 4 is 11.4 Å². The van der Waals surface area contributed by atoms with Crippen LogP contribution < -0.4 is 9.13 Å². The van der Waals surface area contributed by atoms with Crippen molar-refractivity contribution in [3.8, 4) is 22.3 Å². The van der Waals surface area contributed by atoms with Crippen molar-refractivity contribution in [3.05, 3.63) is 158 Å². The van der Waals surface area contributed by atoms with Crippen LogP contribution >= 0.6 is 0 Å². The first-order valence-electron chi connectivity index (χ1n) is 13.2. The van der Waals surface area contributed by atoms with Gasteiger partial charge < -0.3 is 0 Å². The van der Waals surface area contributed by atoms with Crippen molar-refractivity contribution in [1.82, 2.24) is 9.97 Å². The van der Waals surface area contributed by atoms with Gasteiger partial charge in [0.15, 0.2) is 37.9 Å². The van der Waals surface area contributed by atoms with Crippen molar-refractivity contribution in [3.63, 3.8) is 0 Å². The number of rotatable bonds is 8. The average molecular weight is 521 g/mol. The molecule has 0 aliphatic heterocycles. The van der Waals surface area contributed by atoms with Gasteiger partial charge in [0.2, 0.25) is 0 Å². The summed E-state index contributed by atoms with van der Waals surface area (Å²) < 4.78 is 4.33. The summed E-state index contributed by atoms with van der Waals surface area (Å²) in [4.78, 5) is 8.17. The lowest BCUT2D eigenvalue weighted by molar-refractivity contribution is -0.688. The van der Waals surface area contributed by atoms with Crippen LogP contribution in [-0.2, 0) is 13.1 Å². The van der Waals surface area contributed by atoms with E-state index in [4.69, 9.17) is 0 Å². The lowest BCUT2D eigenvalue weighted by atomic mass is 10.1. The number of aromatic nitrogens is 4. The Kier molecular flexibility index (Phi) is 7.49. The molecule has 0 aliphatic carbocycles. The highest BCUT2D eigenvalue weighted by molar-refractivity contribution is 5.62. The highest BCUT2D eigenvalue weighted by atomic mass is 15.1. The van der Waals surface area contributed by atoms with Crippen LogP contribution in [0.3, 0.4) is 0 Å². The molecule has 0 amide bonds. The zero-order valence-corrected chi connectivity index (χ0v) is 22.0. The minimum Gasteiger partial charge on any atom is -0.265 e. The van der Waals surface area contributed by atoms with Crippen LogP contribution in [0, 0.1) is 0 Å². The summed E-state index contributed by atoms with van der Waals surface area (Å²) in [7, 11) is 0. The number of hydrogen-bond acceptors (Lipinski definition) is 4. The lowest BCUT2D eigenvalue weighted by Crippen LogP contribution is -2.32. The van der Waals surface area contributed by atoms with Gasteiger partial charge in [-0.15, -0.1) is 0 Å². The molecule has 0 atom stereocenters. The fraction of sp³-hybridized carbons (Fsp3) is 0.0588. The quantitative estimate of drug-likeness (QED) is 0.162. The fourth-order valence-electron chi connectivity index (χ4n) is 4.47. The van der Waals surface area contributed by atoms with Gasteiger partial charge in [-0.25, -0.2) is 9.13 Å². The molecule has 0 fully saturated rings. The molecule has 192 valence electrons. The van der Waals surface area contributed by atoms with Crippen molar-refractivity contribution < 1.29 is 9.13 Å². The van der Waals surface area contributed by atoms with Crippen LogP contribution in [0.25, 0.3) is 22.3 Å². The molecule has 0 radical (unpaired) electrons. The molecule has 0 aliphatic rings. The number of benzene rings is 2. The van der Waals surface area contributed by atoms with Crippen LogP contribution in [0.15, 0.2) is 157 Å². The molecule has 6 heteroatoms. The van der Waals surface area contributed by atoms with E-state index in [1.165, 1.54) is 22.3 Å². The summed E-state index contributed by atoms with van der Waals surface area (Å²) in [6.45, 7) is 1.58. The Labute approximate surface area is 233 Å². The Morgan fingerprint density at radius 3 is 1.07 bits per heavy atom. The summed E-state index contributed by atoms with van der Waals surface area (Å²) in [6, 6.07) is 33.0. The summed E-state index contributed by atoms with van der Waals surface area (Å²) >= 11 is 0. The third-order valence-corrected chi connectivity index (χ3v) is 6.69. The minimum absolute atomic E-state index is 0.792. The predicted octanol–water partition coefficient (Wildman–Crippen LogP) is 6.90. The second-order valence-electron chi connectivity index (χ2n) is 9.52. The standard InChI is InChI=1S/C34H28N6/c1-5-33(6-2-27(1)25-39-21-13-31(14-22-39)29-9-17-35-18-10-29)37-38-34-7-3-28(4-8-34)26-40-23-15-32(16-24-40)30-11-19-36-20-12-30/h1-24H,25-26H2/q+2. The third-order valence-electron chi connectivity index (χ3n) is 6.69. The van der Waals surface area contributed by atoms with Crippen LogP contribution in [0.2, 0.25) is 0 Å². The van der Waals surface area contributed by atoms with E-state index in [0.29, 0.717) is 0 Å². The van der Waals surface area contributed by atoms with E-state index in [-0.39, 0.29) is 0 Å². The SMILES string of the molecule is c1cc(-c2cc[n+](Cc3ccc(N=Nc4ccc(C[n+]5ccc(-c6ccncc6)cc5)cc4)cc3)cc2)ccn1. The van der Waals surface area contributed by atoms with Gasteiger partial charge in [-0.2, -0.15) is 10.2 Å². The number of pyridine rings is 4. The molecule has 6 nitrogen and oxygen atoms in total. The van der Waals surface area contributed by atoms with Crippen molar-refractivity contribution in [1.29, 1.82) is 0 Å². The summed E-state index contributed by atoms with van der Waals surface area (Å²) in [5.41, 5.74) is 8.75. The Hall–Kier alpha value is -5.36. The largest absolute Gasteiger partial charge is 0.265 e. The van der Waals surface area contributed by atoms with Crippen LogP contribution in [0.4, 0.5) is 11.4 Å². The van der Waals surface area contributed by atoms with E-state index < -0.39 is 0 Å². The van der Waals surface area contributed by atoms with Gasteiger partial charge in [-0.1, -0.05) is 24.3 Å². The zero-order chi connectivity index (χ0) is 27.0. The van der Waals surface area contributed by atoms with Crippen molar-refractivity contribution in [2.45, 2.75) is 13.1 Å². The van der Waals surface area contributed by atoms with Crippen LogP contribution in [-0.4, -0.2) is 9.97 Å². The zero-order valence-electron chi connectivity index (χ0n) is 22.0. The highest BCUT2D eigenvalue weighted by Gasteiger charge is 2.06. The molecule has 6 aromatic rings. The average Bonchev–Trinajstić information content (AvgIpc) is 3.03. The van der Waals surface area contributed by atoms with Crippen LogP contribution in [0.5, 0.6) is 0 Å². The third kappa shape index (κ3) is 6.37. The Bertz CT molecular complexity index is 1550. The molecule has 0 bridgehead atoms. The molecule has 0 N–H and O–H groups in total. The Morgan fingerprint density at radius 1 is 0.400 bits per heavy atom. The topological polar surface area (TPSA) is 58.3 Å². The Balaban J connectivity index is 1.03. The van der Waals surface area contributed by atoms with Crippen molar-refractivity contribution in [2.75, 3.05) is 0 Å². The summed E-state index contributed by atoms with van der Waals surface area (Å²) in [5.74, 6) is 0. The number of nitrogens with zero attached hydrogens (tertiary/aromatic N) is 6. The number of azo groups is 1. The second kappa shape index (κ2) is 12.0. The van der Waals surface area contributed by atoms with Gasteiger partial charge in [-0.3, -0.25) is 9.97 Å². The van der Waals surface area contributed by atoms with Gasteiger partial charge in [0.05, 0.1) is 11.4 Å². The van der Waals surface area contributed by atoms with Crippen molar-refractivity contribution in [2.24, 2.45) is 10.2 Å². The van der Waals surface area contributed by atoms with Gasteiger partial charge in [0, 0.05) is 60.2 Å². The highest BCUT2D eigenvalue weighted by Crippen LogP contribution is 2.20. The normalized spacial score (nSPS) is 11.1. The maximum atomic E-state index is 4.43. The Morgan fingerprint density at radius 2 is 0.725 bits per heavy atom. The molecule has 4 heterocycles. The van der Waals surface area contributed by atoms with E-state index in [1.54, 1.807) is 0 Å². The van der Waals surface area contributed by atoms with Gasteiger partial charge in [-0.05, 0) is 70.8 Å². The van der Waals surface area contributed by atoms with E-state index >= 15 is 0 Å². The van der Waals surface area contributed by atoms with Gasteiger partial charge in [0.25, 0.3) is 0 Å². The summed E-state index contributed by atoms with van der Waals surface area (Å²) in [6.07, 6.45) is 15.7. The molecule has 40 heavy (non-hydrogen) atoms. The van der Waals surface area contributed by atoms with E-state index in [9.17, 15) is 0 Å². The molecule has 2 aromatic carbocycles. The maximum absolute atomic E-state index is 4.43. The maximum Gasteiger partial charge on any atom is 0.173 e. The van der Waals surface area contributed by atoms with E-state index in [1.807, 2.05) is 73.3 Å². The smallest absolute Gasteiger partial charge is 0.173 e. The molecule has 0 saturated carbocycles. The fourth-order valence-corrected chi connectivity index (χ4v) is 4.47. The van der Waals surface area contributed by atoms with Crippen LogP contribution in [0.1, 0.15) is 11.1 Å². The molecule has 4 aromatic heterocycles. The van der Waals surface area contributed by atoms with Gasteiger partial charge in [0.1, 0.15) is 0 Å². The molecular weight excluding hydrogens is 492 g/mol. The monoisotopic (exact) mass is 520 g/mol. The molecular formula is C34H28N6+2. The lowest BCUT2D eigenvalue weighted by Gasteiger charge is -2.02. The number of hydrogen-bond donors (Lipinski definition) is 0. The van der Waals surface area contributed by atoms with E-state index in [2.05, 4.69) is 103 Å². The molecule has 0 unspecified atom stereocenters. The van der Waals surface area contributed by atoms with E-state index in [0.717, 1.165) is 35.6 Å². The molecule has 6 rings (SSSR count). The van der Waals surface area contributed by atoms with Gasteiger partial charge >= 0.3 is 0 Å². The first kappa shape index (κ1) is 24.9. The molecule has 0 saturated heterocycles. The minimum atomic E-state index is 0.792. The summed E-state index contributed by atoms with van der Waals surface area (Å²) in [5, 5.41) is 8.85. The molecule has 0 spiro atoms. The second-order valence-corrected chi connectivity index (χ2v) is 9.52. The first-order valence-corrected chi connectivity index (χ1v) is 13.2.